The molecule has 1 aromatic heterocycles. The van der Waals surface area contributed by atoms with Crippen LogP contribution in [0.2, 0.25) is 0 Å². The Balaban J connectivity index is 1.58. The standard InChI is InChI=1S/C21H22N2O3/c1-14-8-9-16-12-17(21(25)23-20(16)15(14)2)10-11-22-19(24)13-26-18-6-4-3-5-7-18/h3-9,12H,10-11,13H2,1-2H3,(H,22,24)(H,23,25). The molecule has 0 aliphatic heterocycles. The second-order valence-corrected chi connectivity index (χ2v) is 6.30. The van der Waals surface area contributed by atoms with Gasteiger partial charge in [-0.25, -0.2) is 0 Å². The second-order valence-electron chi connectivity index (χ2n) is 6.30. The van der Waals surface area contributed by atoms with E-state index in [2.05, 4.69) is 10.3 Å². The van der Waals surface area contributed by atoms with Gasteiger partial charge in [-0.1, -0.05) is 30.3 Å². The van der Waals surface area contributed by atoms with Gasteiger partial charge < -0.3 is 15.0 Å². The van der Waals surface area contributed by atoms with E-state index in [1.807, 2.05) is 50.2 Å². The van der Waals surface area contributed by atoms with Gasteiger partial charge in [-0.05, 0) is 55.0 Å². The minimum Gasteiger partial charge on any atom is -0.484 e. The number of hydrogen-bond donors (Lipinski definition) is 2. The van der Waals surface area contributed by atoms with Crippen LogP contribution >= 0.6 is 0 Å². The molecule has 3 aromatic rings. The molecule has 5 nitrogen and oxygen atoms in total. The third-order valence-electron chi connectivity index (χ3n) is 4.46. The molecule has 1 amide bonds. The van der Waals surface area contributed by atoms with Gasteiger partial charge in [-0.3, -0.25) is 9.59 Å². The fourth-order valence-electron chi connectivity index (χ4n) is 2.81. The van der Waals surface area contributed by atoms with Crippen molar-refractivity contribution in [2.24, 2.45) is 0 Å². The van der Waals surface area contributed by atoms with Crippen molar-refractivity contribution in [1.82, 2.24) is 10.3 Å². The Morgan fingerprint density at radius 3 is 2.65 bits per heavy atom. The first-order chi connectivity index (χ1) is 12.5. The SMILES string of the molecule is Cc1ccc2cc(CCNC(=O)COc3ccccc3)c(=O)[nH]c2c1C. The Hall–Kier alpha value is -3.08. The molecule has 0 aliphatic rings. The number of aromatic amines is 1. The number of carbonyl (C=O) groups excluding carboxylic acids is 1. The van der Waals surface area contributed by atoms with Crippen molar-refractivity contribution in [3.63, 3.8) is 0 Å². The van der Waals surface area contributed by atoms with Crippen LogP contribution in [0.3, 0.4) is 0 Å². The van der Waals surface area contributed by atoms with Crippen LogP contribution in [-0.2, 0) is 11.2 Å². The highest BCUT2D eigenvalue weighted by Gasteiger charge is 2.07. The molecule has 134 valence electrons. The summed E-state index contributed by atoms with van der Waals surface area (Å²) in [5.74, 6) is 0.442. The minimum atomic E-state index is -0.211. The van der Waals surface area contributed by atoms with Crippen LogP contribution in [0, 0.1) is 13.8 Å². The van der Waals surface area contributed by atoms with Crippen molar-refractivity contribution in [2.75, 3.05) is 13.2 Å². The highest BCUT2D eigenvalue weighted by Crippen LogP contribution is 2.18. The smallest absolute Gasteiger partial charge is 0.257 e. The van der Waals surface area contributed by atoms with Crippen molar-refractivity contribution in [3.8, 4) is 5.75 Å². The average molecular weight is 350 g/mol. The fraction of sp³-hybridized carbons (Fsp3) is 0.238. The molecule has 0 bridgehead atoms. The van der Waals surface area contributed by atoms with E-state index in [0.717, 1.165) is 22.0 Å². The lowest BCUT2D eigenvalue weighted by atomic mass is 10.0. The first-order valence-corrected chi connectivity index (χ1v) is 8.61. The van der Waals surface area contributed by atoms with Crippen molar-refractivity contribution < 1.29 is 9.53 Å². The summed E-state index contributed by atoms with van der Waals surface area (Å²) in [5, 5.41) is 3.78. The number of benzene rings is 2. The lowest BCUT2D eigenvalue weighted by Gasteiger charge is -2.09. The molecule has 3 rings (SSSR count). The Bertz CT molecular complexity index is 978. The van der Waals surface area contributed by atoms with Gasteiger partial charge in [0, 0.05) is 12.1 Å². The third kappa shape index (κ3) is 4.11. The monoisotopic (exact) mass is 350 g/mol. The Labute approximate surface area is 152 Å². The number of hydrogen-bond acceptors (Lipinski definition) is 3. The third-order valence-corrected chi connectivity index (χ3v) is 4.46. The maximum atomic E-state index is 12.3. The van der Waals surface area contributed by atoms with Gasteiger partial charge >= 0.3 is 0 Å². The van der Waals surface area contributed by atoms with Crippen LogP contribution in [0.25, 0.3) is 10.9 Å². The van der Waals surface area contributed by atoms with Crippen LogP contribution in [-0.4, -0.2) is 24.0 Å². The van der Waals surface area contributed by atoms with Gasteiger partial charge in [0.2, 0.25) is 0 Å². The van der Waals surface area contributed by atoms with E-state index in [0.29, 0.717) is 24.3 Å². The van der Waals surface area contributed by atoms with E-state index in [1.165, 1.54) is 0 Å². The van der Waals surface area contributed by atoms with Crippen LogP contribution < -0.4 is 15.6 Å². The number of fused-ring (bicyclic) bond motifs is 1. The van der Waals surface area contributed by atoms with Crippen molar-refractivity contribution in [3.05, 3.63) is 75.6 Å². The highest BCUT2D eigenvalue weighted by molar-refractivity contribution is 5.83. The molecular formula is C21H22N2O3. The number of aryl methyl sites for hydroxylation is 2. The number of amides is 1. The van der Waals surface area contributed by atoms with Gasteiger partial charge in [0.25, 0.3) is 11.5 Å². The van der Waals surface area contributed by atoms with E-state index in [1.54, 1.807) is 12.1 Å². The Kier molecular flexibility index (Phi) is 5.37. The van der Waals surface area contributed by atoms with E-state index in [9.17, 15) is 9.59 Å². The first kappa shape index (κ1) is 17.7. The molecule has 0 saturated heterocycles. The van der Waals surface area contributed by atoms with Gasteiger partial charge in [0.05, 0.1) is 5.52 Å². The fourth-order valence-corrected chi connectivity index (χ4v) is 2.81. The average Bonchev–Trinajstić information content (AvgIpc) is 2.65. The molecule has 26 heavy (non-hydrogen) atoms. The zero-order valence-electron chi connectivity index (χ0n) is 15.0. The number of pyridine rings is 1. The van der Waals surface area contributed by atoms with Crippen LogP contribution in [0.15, 0.2) is 53.3 Å². The van der Waals surface area contributed by atoms with E-state index >= 15 is 0 Å². The molecule has 0 radical (unpaired) electrons. The Morgan fingerprint density at radius 1 is 1.12 bits per heavy atom. The summed E-state index contributed by atoms with van der Waals surface area (Å²) in [6.07, 6.45) is 0.468. The Morgan fingerprint density at radius 2 is 1.88 bits per heavy atom. The van der Waals surface area contributed by atoms with Gasteiger partial charge in [0.1, 0.15) is 5.75 Å². The van der Waals surface area contributed by atoms with Crippen molar-refractivity contribution >= 4 is 16.8 Å². The number of aromatic nitrogens is 1. The van der Waals surface area contributed by atoms with Crippen molar-refractivity contribution in [2.45, 2.75) is 20.3 Å². The topological polar surface area (TPSA) is 71.2 Å². The lowest BCUT2D eigenvalue weighted by molar-refractivity contribution is -0.123. The van der Waals surface area contributed by atoms with Gasteiger partial charge in [-0.15, -0.1) is 0 Å². The van der Waals surface area contributed by atoms with Crippen molar-refractivity contribution in [1.29, 1.82) is 0 Å². The van der Waals surface area contributed by atoms with Gasteiger partial charge in [-0.2, -0.15) is 0 Å². The van der Waals surface area contributed by atoms with E-state index < -0.39 is 0 Å². The van der Waals surface area contributed by atoms with Crippen LogP contribution in [0.1, 0.15) is 16.7 Å². The molecule has 5 heteroatoms. The largest absolute Gasteiger partial charge is 0.484 e. The molecule has 2 aromatic carbocycles. The molecule has 0 unspecified atom stereocenters. The molecule has 0 atom stereocenters. The predicted molar refractivity (Wildman–Crippen MR) is 103 cm³/mol. The van der Waals surface area contributed by atoms with E-state index in [-0.39, 0.29) is 18.1 Å². The normalized spacial score (nSPS) is 10.7. The molecular weight excluding hydrogens is 328 g/mol. The van der Waals surface area contributed by atoms with Crippen LogP contribution in [0.5, 0.6) is 5.75 Å². The summed E-state index contributed by atoms with van der Waals surface area (Å²) >= 11 is 0. The predicted octanol–water partition coefficient (Wildman–Crippen LogP) is 2.88. The highest BCUT2D eigenvalue weighted by atomic mass is 16.5. The molecule has 0 saturated carbocycles. The summed E-state index contributed by atoms with van der Waals surface area (Å²) < 4.78 is 5.40. The molecule has 0 aliphatic carbocycles. The summed E-state index contributed by atoms with van der Waals surface area (Å²) in [4.78, 5) is 27.1. The minimum absolute atomic E-state index is 0.0451. The number of para-hydroxylation sites is 1. The summed E-state index contributed by atoms with van der Waals surface area (Å²) in [7, 11) is 0. The molecule has 0 spiro atoms. The maximum absolute atomic E-state index is 12.3. The number of carbonyl (C=O) groups is 1. The zero-order chi connectivity index (χ0) is 18.5. The second kappa shape index (κ2) is 7.87. The maximum Gasteiger partial charge on any atom is 0.257 e. The lowest BCUT2D eigenvalue weighted by Crippen LogP contribution is -2.31. The summed E-state index contributed by atoms with van der Waals surface area (Å²) in [6, 6.07) is 15.1. The molecule has 2 N–H and O–H groups in total. The quantitative estimate of drug-likeness (QED) is 0.718. The summed E-state index contributed by atoms with van der Waals surface area (Å²) in [5.41, 5.74) is 3.65. The number of rotatable bonds is 6. The number of H-pyrrole nitrogens is 1. The van der Waals surface area contributed by atoms with Gasteiger partial charge in [0.15, 0.2) is 6.61 Å². The first-order valence-electron chi connectivity index (χ1n) is 8.61. The zero-order valence-corrected chi connectivity index (χ0v) is 15.0. The number of ether oxygens (including phenoxy) is 1. The van der Waals surface area contributed by atoms with Crippen LogP contribution in [0.4, 0.5) is 0 Å². The van der Waals surface area contributed by atoms with E-state index in [4.69, 9.17) is 4.74 Å². The number of nitrogens with one attached hydrogen (secondary N) is 2. The molecule has 1 heterocycles. The molecule has 0 fully saturated rings. The summed E-state index contributed by atoms with van der Waals surface area (Å²) in [6.45, 7) is 4.36.